The molecule has 0 radical (unpaired) electrons. The van der Waals surface area contributed by atoms with E-state index in [1.54, 1.807) is 16.7 Å². The number of pyridine rings is 1. The molecule has 6 rings (SSSR count). The molecule has 0 spiro atoms. The zero-order valence-electron chi connectivity index (χ0n) is 31.4. The number of amides is 1. The molecular formula is C42H48N4O7Si. The molecule has 0 unspecified atom stereocenters. The first-order valence-corrected chi connectivity index (χ1v) is 21.1. The lowest BCUT2D eigenvalue weighted by atomic mass is 9.99. The van der Waals surface area contributed by atoms with Crippen LogP contribution in [0, 0.1) is 0 Å². The zero-order chi connectivity index (χ0) is 38.6. The number of oxazole rings is 1. The van der Waals surface area contributed by atoms with E-state index in [-0.39, 0.29) is 22.5 Å². The fourth-order valence-corrected chi connectivity index (χ4v) is 7.78. The summed E-state index contributed by atoms with van der Waals surface area (Å²) in [4.78, 5) is 39.3. The van der Waals surface area contributed by atoms with Crippen LogP contribution in [-0.4, -0.2) is 40.7 Å². The predicted molar refractivity (Wildman–Crippen MR) is 216 cm³/mol. The fourth-order valence-electron chi connectivity index (χ4n) is 6.50. The van der Waals surface area contributed by atoms with Gasteiger partial charge in [0.25, 0.3) is 0 Å². The van der Waals surface area contributed by atoms with Crippen LogP contribution in [0.5, 0.6) is 5.75 Å². The number of aromatic hydroxyl groups is 1. The van der Waals surface area contributed by atoms with Gasteiger partial charge in [0.05, 0.1) is 22.8 Å². The highest BCUT2D eigenvalue weighted by Crippen LogP contribution is 2.41. The molecule has 0 aliphatic rings. The number of unbranched alkanes of at least 4 members (excludes halogenated alkanes) is 1. The SMILES string of the molecule is CC(C)(C)[Si](C)(C)O[C@@H](CNCc1ccc2c(c1)oc(=O)n2CCCCc1ccc(-c2ccccc2)c(NC(=O)O)c1)c1ccc(O)c2[nH]c(=O)ccc12. The minimum absolute atomic E-state index is 0.00478. The van der Waals surface area contributed by atoms with Gasteiger partial charge in [-0.1, -0.05) is 75.4 Å². The number of phenols is 1. The van der Waals surface area contributed by atoms with Gasteiger partial charge >= 0.3 is 11.8 Å². The summed E-state index contributed by atoms with van der Waals surface area (Å²) in [5.41, 5.74) is 6.45. The highest BCUT2D eigenvalue weighted by Gasteiger charge is 2.39. The number of fused-ring (bicyclic) bond motifs is 2. The minimum atomic E-state index is -2.24. The van der Waals surface area contributed by atoms with Crippen molar-refractivity contribution in [1.82, 2.24) is 14.9 Å². The number of H-pyrrole nitrogens is 1. The number of aryl methyl sites for hydroxylation is 2. The average Bonchev–Trinajstić information content (AvgIpc) is 3.43. The van der Waals surface area contributed by atoms with Gasteiger partial charge in [-0.05, 0) is 90.0 Å². The summed E-state index contributed by atoms with van der Waals surface area (Å²) in [6, 6.07) is 27.9. The largest absolute Gasteiger partial charge is 0.506 e. The van der Waals surface area contributed by atoms with Gasteiger partial charge in [0.15, 0.2) is 13.9 Å². The Morgan fingerprint density at radius 2 is 1.70 bits per heavy atom. The van der Waals surface area contributed by atoms with Crippen LogP contribution in [0.25, 0.3) is 33.1 Å². The number of nitrogens with zero attached hydrogens (tertiary/aromatic N) is 1. The van der Waals surface area contributed by atoms with Gasteiger partial charge in [-0.25, -0.2) is 9.59 Å². The number of aromatic nitrogens is 2. The Labute approximate surface area is 314 Å². The summed E-state index contributed by atoms with van der Waals surface area (Å²) in [5, 5.41) is 26.7. The summed E-state index contributed by atoms with van der Waals surface area (Å²) < 4.78 is 14.3. The van der Waals surface area contributed by atoms with Gasteiger partial charge < -0.3 is 29.4 Å². The lowest BCUT2D eigenvalue weighted by Gasteiger charge is -2.39. The molecule has 54 heavy (non-hydrogen) atoms. The second-order valence-corrected chi connectivity index (χ2v) is 20.0. The second kappa shape index (κ2) is 15.9. The van der Waals surface area contributed by atoms with Gasteiger partial charge in [0, 0.05) is 36.7 Å². The molecule has 1 amide bonds. The molecule has 0 fully saturated rings. The normalized spacial score (nSPS) is 12.7. The van der Waals surface area contributed by atoms with Crippen LogP contribution in [-0.2, 0) is 23.9 Å². The van der Waals surface area contributed by atoms with Gasteiger partial charge in [-0.15, -0.1) is 0 Å². The van der Waals surface area contributed by atoms with Crippen LogP contribution in [0.15, 0.2) is 105 Å². The topological polar surface area (TPSA) is 159 Å². The van der Waals surface area contributed by atoms with Crippen LogP contribution in [0.2, 0.25) is 18.1 Å². The van der Waals surface area contributed by atoms with Crippen LogP contribution < -0.4 is 21.9 Å². The van der Waals surface area contributed by atoms with Crippen LogP contribution in [0.1, 0.15) is 56.4 Å². The van der Waals surface area contributed by atoms with Crippen molar-refractivity contribution in [2.24, 2.45) is 0 Å². The molecule has 282 valence electrons. The van der Waals surface area contributed by atoms with Crippen molar-refractivity contribution in [3.63, 3.8) is 0 Å². The molecule has 0 aliphatic carbocycles. The maximum Gasteiger partial charge on any atom is 0.419 e. The van der Waals surface area contributed by atoms with E-state index in [0.29, 0.717) is 36.4 Å². The molecule has 2 heterocycles. The summed E-state index contributed by atoms with van der Waals surface area (Å²) in [5.74, 6) is -0.402. The minimum Gasteiger partial charge on any atom is -0.506 e. The first-order valence-electron chi connectivity index (χ1n) is 18.2. The number of rotatable bonds is 14. The van der Waals surface area contributed by atoms with Crippen molar-refractivity contribution in [2.45, 2.75) is 77.4 Å². The maximum absolute atomic E-state index is 12.9. The molecule has 12 heteroatoms. The third kappa shape index (κ3) is 8.68. The number of anilines is 1. The van der Waals surface area contributed by atoms with Crippen molar-refractivity contribution in [3.05, 3.63) is 129 Å². The van der Waals surface area contributed by atoms with Crippen LogP contribution >= 0.6 is 0 Å². The summed E-state index contributed by atoms with van der Waals surface area (Å²) in [6.45, 7) is 12.4. The number of nitrogens with one attached hydrogen (secondary N) is 3. The molecule has 1 atom stereocenters. The molecule has 4 aromatic carbocycles. The monoisotopic (exact) mass is 748 g/mol. The molecule has 0 bridgehead atoms. The van der Waals surface area contributed by atoms with E-state index < -0.39 is 20.2 Å². The van der Waals surface area contributed by atoms with E-state index in [0.717, 1.165) is 58.0 Å². The number of benzene rings is 4. The number of phenolic OH excluding ortho intramolecular Hbond substituents is 1. The van der Waals surface area contributed by atoms with Crippen molar-refractivity contribution >= 4 is 42.1 Å². The Morgan fingerprint density at radius 3 is 2.44 bits per heavy atom. The Bertz CT molecular complexity index is 2390. The Balaban J connectivity index is 1.11. The van der Waals surface area contributed by atoms with Crippen molar-refractivity contribution in [3.8, 4) is 16.9 Å². The van der Waals surface area contributed by atoms with Crippen LogP contribution in [0.3, 0.4) is 0 Å². The summed E-state index contributed by atoms with van der Waals surface area (Å²) in [6.07, 6.45) is 0.779. The Kier molecular flexibility index (Phi) is 11.3. The van der Waals surface area contributed by atoms with Crippen LogP contribution in [0.4, 0.5) is 10.5 Å². The lowest BCUT2D eigenvalue weighted by Crippen LogP contribution is -2.43. The first-order chi connectivity index (χ1) is 25.7. The average molecular weight is 749 g/mol. The molecule has 11 nitrogen and oxygen atoms in total. The third-order valence-corrected chi connectivity index (χ3v) is 14.9. The summed E-state index contributed by atoms with van der Waals surface area (Å²) in [7, 11) is -2.24. The lowest BCUT2D eigenvalue weighted by molar-refractivity contribution is 0.181. The number of hydrogen-bond acceptors (Lipinski definition) is 7. The highest BCUT2D eigenvalue weighted by molar-refractivity contribution is 6.74. The standard InChI is InChI=1S/C42H48N4O7Si/c1-42(2,3)54(4,5)53-37(31-17-20-35(47)39-32(31)18-21-38(48)45-39)26-43-25-28-15-19-34-36(24-28)52-41(51)46(34)22-10-9-11-27-14-16-30(29-12-7-6-8-13-29)33(23-27)44-40(49)50/h6-8,12-21,23-24,37,43-44,47H,9-11,22,25-26H2,1-5H3,(H,45,48)(H,49,50)/t37-/m0/s1. The number of aromatic amines is 1. The fraction of sp³-hybridized carbons (Fsp3) is 0.310. The molecule has 0 aliphatic heterocycles. The third-order valence-electron chi connectivity index (χ3n) is 10.4. The Hall–Kier alpha value is -5.43. The highest BCUT2D eigenvalue weighted by atomic mass is 28.4. The quantitative estimate of drug-likeness (QED) is 0.0546. The summed E-state index contributed by atoms with van der Waals surface area (Å²) >= 11 is 0. The van der Waals surface area contributed by atoms with Crippen molar-refractivity contribution in [2.75, 3.05) is 11.9 Å². The molecule has 0 saturated carbocycles. The zero-order valence-corrected chi connectivity index (χ0v) is 32.4. The number of hydrogen-bond donors (Lipinski definition) is 5. The molecule has 0 saturated heterocycles. The molecule has 6 aromatic rings. The molecule has 2 aromatic heterocycles. The van der Waals surface area contributed by atoms with Gasteiger partial charge in [0.1, 0.15) is 5.75 Å². The van der Waals surface area contributed by atoms with Gasteiger partial charge in [0.2, 0.25) is 5.56 Å². The number of carbonyl (C=O) groups is 1. The van der Waals surface area contributed by atoms with Crippen molar-refractivity contribution < 1.29 is 23.9 Å². The van der Waals surface area contributed by atoms with E-state index in [4.69, 9.17) is 8.84 Å². The van der Waals surface area contributed by atoms with Gasteiger partial charge in [-0.3, -0.25) is 14.7 Å². The van der Waals surface area contributed by atoms with E-state index in [1.165, 1.54) is 6.07 Å². The second-order valence-electron chi connectivity index (χ2n) is 15.2. The maximum atomic E-state index is 12.9. The van der Waals surface area contributed by atoms with Crippen molar-refractivity contribution in [1.29, 1.82) is 0 Å². The predicted octanol–water partition coefficient (Wildman–Crippen LogP) is 8.77. The first kappa shape index (κ1) is 38.3. The Morgan fingerprint density at radius 1 is 0.944 bits per heavy atom. The van der Waals surface area contributed by atoms with E-state index in [1.807, 2.05) is 72.8 Å². The van der Waals surface area contributed by atoms with E-state index >= 15 is 0 Å². The van der Waals surface area contributed by atoms with E-state index in [2.05, 4.69) is 49.5 Å². The van der Waals surface area contributed by atoms with E-state index in [9.17, 15) is 24.6 Å². The smallest absolute Gasteiger partial charge is 0.419 e. The van der Waals surface area contributed by atoms with Gasteiger partial charge in [-0.2, -0.15) is 0 Å². The molecular weight excluding hydrogens is 701 g/mol. The molecule has 5 N–H and O–H groups in total. The number of carboxylic acid groups (broad SMARTS) is 1.